The standard InChI is InChI=1S/C12H21F2NO3/c1-6-15(7-2)11(17)18-9(5)12(13,14)10(16)8(3)4/h8,10,16H,5-7H2,1-4H3. The van der Waals surface area contributed by atoms with Crippen molar-refractivity contribution in [3.8, 4) is 0 Å². The van der Waals surface area contributed by atoms with Gasteiger partial charge in [0.1, 0.15) is 6.10 Å². The maximum absolute atomic E-state index is 13.6. The predicted molar refractivity (Wildman–Crippen MR) is 64.3 cm³/mol. The highest BCUT2D eigenvalue weighted by molar-refractivity contribution is 5.68. The van der Waals surface area contributed by atoms with Crippen LogP contribution in [0.4, 0.5) is 13.6 Å². The van der Waals surface area contributed by atoms with Crippen molar-refractivity contribution in [3.05, 3.63) is 12.3 Å². The quantitative estimate of drug-likeness (QED) is 0.751. The number of nitrogens with zero attached hydrogens (tertiary/aromatic N) is 1. The normalized spacial score (nSPS) is 13.3. The first-order chi connectivity index (χ1) is 8.18. The molecule has 0 aromatic rings. The lowest BCUT2D eigenvalue weighted by atomic mass is 10.00. The van der Waals surface area contributed by atoms with Gasteiger partial charge in [0.05, 0.1) is 0 Å². The van der Waals surface area contributed by atoms with E-state index < -0.39 is 29.8 Å². The third-order valence-electron chi connectivity index (χ3n) is 2.61. The van der Waals surface area contributed by atoms with Crippen molar-refractivity contribution in [2.24, 2.45) is 5.92 Å². The minimum Gasteiger partial charge on any atom is -0.409 e. The Labute approximate surface area is 106 Å². The number of ether oxygens (including phenoxy) is 1. The fourth-order valence-electron chi connectivity index (χ4n) is 1.30. The maximum Gasteiger partial charge on any atom is 0.415 e. The fraction of sp³-hybridized carbons (Fsp3) is 0.750. The number of carbonyl (C=O) groups excluding carboxylic acids is 1. The van der Waals surface area contributed by atoms with Gasteiger partial charge in [0.15, 0.2) is 5.76 Å². The van der Waals surface area contributed by atoms with Crippen molar-refractivity contribution in [2.45, 2.75) is 39.7 Å². The Hall–Kier alpha value is -1.17. The second-order valence-corrected chi connectivity index (χ2v) is 4.28. The SMILES string of the molecule is C=C(OC(=O)N(CC)CC)C(F)(F)C(O)C(C)C. The highest BCUT2D eigenvalue weighted by atomic mass is 19.3. The molecule has 18 heavy (non-hydrogen) atoms. The van der Waals surface area contributed by atoms with Crippen LogP contribution in [0, 0.1) is 5.92 Å². The number of rotatable bonds is 6. The summed E-state index contributed by atoms with van der Waals surface area (Å²) >= 11 is 0. The van der Waals surface area contributed by atoms with E-state index in [2.05, 4.69) is 11.3 Å². The van der Waals surface area contributed by atoms with E-state index in [0.29, 0.717) is 13.1 Å². The summed E-state index contributed by atoms with van der Waals surface area (Å²) in [7, 11) is 0. The summed E-state index contributed by atoms with van der Waals surface area (Å²) < 4.78 is 31.8. The highest BCUT2D eigenvalue weighted by Crippen LogP contribution is 2.31. The van der Waals surface area contributed by atoms with Crippen molar-refractivity contribution in [1.29, 1.82) is 0 Å². The zero-order chi connectivity index (χ0) is 14.5. The van der Waals surface area contributed by atoms with Gasteiger partial charge >= 0.3 is 12.0 Å². The Morgan fingerprint density at radius 1 is 1.39 bits per heavy atom. The van der Waals surface area contributed by atoms with Gasteiger partial charge in [0, 0.05) is 13.1 Å². The predicted octanol–water partition coefficient (Wildman–Crippen LogP) is 2.63. The molecule has 0 saturated heterocycles. The van der Waals surface area contributed by atoms with E-state index in [4.69, 9.17) is 0 Å². The number of aliphatic hydroxyl groups is 1. The van der Waals surface area contributed by atoms with Crippen LogP contribution in [-0.4, -0.2) is 41.2 Å². The molecule has 4 nitrogen and oxygen atoms in total. The Kier molecular flexibility index (Phi) is 6.25. The summed E-state index contributed by atoms with van der Waals surface area (Å²) in [6.07, 6.45) is -2.82. The van der Waals surface area contributed by atoms with Crippen LogP contribution in [0.2, 0.25) is 0 Å². The molecule has 0 radical (unpaired) electrons. The molecule has 1 unspecified atom stereocenters. The van der Waals surface area contributed by atoms with E-state index in [1.165, 1.54) is 18.7 Å². The average Bonchev–Trinajstić information content (AvgIpc) is 2.29. The first-order valence-corrected chi connectivity index (χ1v) is 5.90. The van der Waals surface area contributed by atoms with E-state index in [-0.39, 0.29) is 0 Å². The van der Waals surface area contributed by atoms with Crippen LogP contribution in [0.1, 0.15) is 27.7 Å². The molecule has 0 aromatic carbocycles. The molecule has 0 aliphatic rings. The zero-order valence-electron chi connectivity index (χ0n) is 11.2. The van der Waals surface area contributed by atoms with Crippen molar-refractivity contribution in [3.63, 3.8) is 0 Å². The van der Waals surface area contributed by atoms with Gasteiger partial charge in [0.25, 0.3) is 0 Å². The lowest BCUT2D eigenvalue weighted by molar-refractivity contribution is -0.121. The lowest BCUT2D eigenvalue weighted by Gasteiger charge is -2.27. The minimum atomic E-state index is -3.66. The van der Waals surface area contributed by atoms with Gasteiger partial charge in [-0.15, -0.1) is 0 Å². The van der Waals surface area contributed by atoms with Gasteiger partial charge in [-0.2, -0.15) is 8.78 Å². The van der Waals surface area contributed by atoms with Crippen molar-refractivity contribution >= 4 is 6.09 Å². The summed E-state index contributed by atoms with van der Waals surface area (Å²) in [4.78, 5) is 12.7. The van der Waals surface area contributed by atoms with E-state index >= 15 is 0 Å². The van der Waals surface area contributed by atoms with Crippen molar-refractivity contribution in [2.75, 3.05) is 13.1 Å². The molecule has 0 aromatic heterocycles. The molecule has 0 aliphatic carbocycles. The number of alkyl halides is 2. The van der Waals surface area contributed by atoms with Crippen LogP contribution in [0.5, 0.6) is 0 Å². The van der Waals surface area contributed by atoms with Gasteiger partial charge < -0.3 is 14.7 Å². The monoisotopic (exact) mass is 265 g/mol. The van der Waals surface area contributed by atoms with Gasteiger partial charge in [-0.1, -0.05) is 20.4 Å². The maximum atomic E-state index is 13.6. The molecule has 1 atom stereocenters. The molecular formula is C12H21F2NO3. The molecule has 106 valence electrons. The van der Waals surface area contributed by atoms with Gasteiger partial charge in [-0.3, -0.25) is 0 Å². The number of carbonyl (C=O) groups is 1. The zero-order valence-corrected chi connectivity index (χ0v) is 11.2. The molecule has 0 bridgehead atoms. The lowest BCUT2D eigenvalue weighted by Crippen LogP contribution is -2.41. The molecular weight excluding hydrogens is 244 g/mol. The third-order valence-corrected chi connectivity index (χ3v) is 2.61. The molecule has 0 heterocycles. The number of amides is 1. The molecule has 1 N–H and O–H groups in total. The number of aliphatic hydroxyl groups excluding tert-OH is 1. The smallest absolute Gasteiger partial charge is 0.409 e. The van der Waals surface area contributed by atoms with Crippen LogP contribution in [-0.2, 0) is 4.74 Å². The van der Waals surface area contributed by atoms with Gasteiger partial charge in [0.2, 0.25) is 0 Å². The summed E-state index contributed by atoms with van der Waals surface area (Å²) in [6, 6.07) is 0. The molecule has 6 heteroatoms. The Morgan fingerprint density at radius 2 is 1.83 bits per heavy atom. The number of halogens is 2. The summed E-state index contributed by atoms with van der Waals surface area (Å²) in [5.74, 6) is -5.36. The summed E-state index contributed by atoms with van der Waals surface area (Å²) in [6.45, 7) is 10.0. The van der Waals surface area contributed by atoms with Crippen LogP contribution in [0.25, 0.3) is 0 Å². The van der Waals surface area contributed by atoms with Gasteiger partial charge in [-0.25, -0.2) is 4.79 Å². The van der Waals surface area contributed by atoms with Crippen molar-refractivity contribution in [1.82, 2.24) is 4.90 Å². The van der Waals surface area contributed by atoms with E-state index in [0.717, 1.165) is 0 Å². The third kappa shape index (κ3) is 3.94. The molecule has 0 saturated carbocycles. The van der Waals surface area contributed by atoms with Gasteiger partial charge in [-0.05, 0) is 19.8 Å². The largest absolute Gasteiger partial charge is 0.415 e. The second-order valence-electron chi connectivity index (χ2n) is 4.28. The topological polar surface area (TPSA) is 49.8 Å². The summed E-state index contributed by atoms with van der Waals surface area (Å²) in [5, 5.41) is 9.37. The minimum absolute atomic E-state index is 0.348. The van der Waals surface area contributed by atoms with E-state index in [1.807, 2.05) is 0 Å². The Morgan fingerprint density at radius 3 is 2.17 bits per heavy atom. The molecule has 0 spiro atoms. The summed E-state index contributed by atoms with van der Waals surface area (Å²) in [5.41, 5.74) is 0. The van der Waals surface area contributed by atoms with Crippen LogP contribution >= 0.6 is 0 Å². The van der Waals surface area contributed by atoms with Crippen molar-refractivity contribution < 1.29 is 23.4 Å². The van der Waals surface area contributed by atoms with E-state index in [1.54, 1.807) is 13.8 Å². The Bertz CT molecular complexity index is 302. The van der Waals surface area contributed by atoms with Crippen LogP contribution < -0.4 is 0 Å². The number of hydrogen-bond acceptors (Lipinski definition) is 3. The second kappa shape index (κ2) is 6.68. The van der Waals surface area contributed by atoms with E-state index in [9.17, 15) is 18.7 Å². The average molecular weight is 265 g/mol. The highest BCUT2D eigenvalue weighted by Gasteiger charge is 2.45. The van der Waals surface area contributed by atoms with Crippen LogP contribution in [0.3, 0.4) is 0 Å². The molecule has 0 aliphatic heterocycles. The first kappa shape index (κ1) is 16.8. The molecule has 0 rings (SSSR count). The van der Waals surface area contributed by atoms with Crippen LogP contribution in [0.15, 0.2) is 12.3 Å². The first-order valence-electron chi connectivity index (χ1n) is 5.90. The molecule has 1 amide bonds. The Balaban J connectivity index is 4.71. The fourth-order valence-corrected chi connectivity index (χ4v) is 1.30. The molecule has 0 fully saturated rings. The number of hydrogen-bond donors (Lipinski definition) is 1.